The van der Waals surface area contributed by atoms with E-state index in [1.807, 2.05) is 23.5 Å². The van der Waals surface area contributed by atoms with Crippen molar-refractivity contribution in [2.24, 2.45) is 0 Å². The number of benzene rings is 1. The van der Waals surface area contributed by atoms with Crippen LogP contribution in [0.5, 0.6) is 5.75 Å². The average Bonchev–Trinajstić information content (AvgIpc) is 2.90. The second-order valence-electron chi connectivity index (χ2n) is 5.55. The molecule has 0 saturated heterocycles. The highest BCUT2D eigenvalue weighted by atomic mass is 79.9. The lowest BCUT2D eigenvalue weighted by atomic mass is 9.99. The van der Waals surface area contributed by atoms with Gasteiger partial charge in [-0.2, -0.15) is 0 Å². The Hall–Kier alpha value is -1.00. The van der Waals surface area contributed by atoms with Crippen LogP contribution in [0, 0.1) is 0 Å². The van der Waals surface area contributed by atoms with Gasteiger partial charge in [0.25, 0.3) is 0 Å². The second-order valence-corrected chi connectivity index (χ2v) is 7.63. The molecule has 1 atom stereocenters. The third kappa shape index (κ3) is 3.43. The van der Waals surface area contributed by atoms with Crippen molar-refractivity contribution < 1.29 is 4.74 Å². The van der Waals surface area contributed by atoms with Crippen molar-refractivity contribution in [1.29, 1.82) is 0 Å². The Balaban J connectivity index is 1.78. The van der Waals surface area contributed by atoms with E-state index in [2.05, 4.69) is 40.3 Å². The van der Waals surface area contributed by atoms with Crippen LogP contribution in [0.3, 0.4) is 0 Å². The summed E-state index contributed by atoms with van der Waals surface area (Å²) >= 11 is 5.50. The van der Waals surface area contributed by atoms with E-state index in [1.165, 1.54) is 30.6 Å². The van der Waals surface area contributed by atoms with Gasteiger partial charge in [0.2, 0.25) is 0 Å². The first-order valence-electron chi connectivity index (χ1n) is 7.38. The Morgan fingerprint density at radius 3 is 2.76 bits per heavy atom. The van der Waals surface area contributed by atoms with Crippen LogP contribution in [-0.4, -0.2) is 7.11 Å². The molecule has 2 aromatic rings. The molecule has 0 radical (unpaired) electrons. The van der Waals surface area contributed by atoms with Crippen LogP contribution >= 0.6 is 27.3 Å². The van der Waals surface area contributed by atoms with E-state index < -0.39 is 0 Å². The highest BCUT2D eigenvalue weighted by molar-refractivity contribution is 9.10. The zero-order valence-electron chi connectivity index (χ0n) is 12.4. The maximum atomic E-state index is 5.32. The first-order chi connectivity index (χ1) is 10.2. The van der Waals surface area contributed by atoms with Crippen LogP contribution in [0.4, 0.5) is 5.69 Å². The van der Waals surface area contributed by atoms with Crippen molar-refractivity contribution in [3.8, 4) is 5.75 Å². The van der Waals surface area contributed by atoms with Gasteiger partial charge >= 0.3 is 0 Å². The molecule has 1 unspecified atom stereocenters. The Kier molecular flexibility index (Phi) is 4.55. The van der Waals surface area contributed by atoms with Crippen LogP contribution in [0.2, 0.25) is 0 Å². The lowest BCUT2D eigenvalue weighted by Gasteiger charge is -2.15. The second kappa shape index (κ2) is 6.41. The van der Waals surface area contributed by atoms with E-state index in [-0.39, 0.29) is 0 Å². The number of ether oxygens (including phenoxy) is 1. The molecule has 0 saturated carbocycles. The summed E-state index contributed by atoms with van der Waals surface area (Å²) in [5.41, 5.74) is 2.65. The number of aryl methyl sites for hydroxylation is 2. The topological polar surface area (TPSA) is 21.3 Å². The fraction of sp³-hybridized carbons (Fsp3) is 0.412. The smallest absolute Gasteiger partial charge is 0.122 e. The predicted molar refractivity (Wildman–Crippen MR) is 93.7 cm³/mol. The molecule has 1 aliphatic carbocycles. The number of nitrogens with one attached hydrogen (secondary N) is 1. The van der Waals surface area contributed by atoms with Crippen molar-refractivity contribution in [2.45, 2.75) is 38.6 Å². The number of methoxy groups -OCH3 is 1. The number of anilines is 1. The molecule has 0 amide bonds. The predicted octanol–water partition coefficient (Wildman–Crippen LogP) is 5.57. The van der Waals surface area contributed by atoms with Crippen molar-refractivity contribution in [1.82, 2.24) is 0 Å². The van der Waals surface area contributed by atoms with E-state index in [1.54, 1.807) is 17.6 Å². The van der Waals surface area contributed by atoms with E-state index in [0.717, 1.165) is 15.9 Å². The van der Waals surface area contributed by atoms with Gasteiger partial charge in [-0.15, -0.1) is 11.3 Å². The summed E-state index contributed by atoms with van der Waals surface area (Å²) in [5.74, 6) is 0.865. The first-order valence-corrected chi connectivity index (χ1v) is 8.99. The van der Waals surface area contributed by atoms with Crippen LogP contribution in [0.25, 0.3) is 0 Å². The minimum atomic E-state index is 0.319. The molecule has 1 aromatic heterocycles. The molecule has 21 heavy (non-hydrogen) atoms. The highest BCUT2D eigenvalue weighted by Crippen LogP contribution is 2.35. The Morgan fingerprint density at radius 1 is 1.19 bits per heavy atom. The molecule has 0 aliphatic heterocycles. The van der Waals surface area contributed by atoms with Gasteiger partial charge in [0.15, 0.2) is 0 Å². The molecule has 0 bridgehead atoms. The van der Waals surface area contributed by atoms with Crippen LogP contribution in [0.1, 0.15) is 41.1 Å². The number of halogens is 1. The van der Waals surface area contributed by atoms with Crippen molar-refractivity contribution in [2.75, 3.05) is 12.4 Å². The van der Waals surface area contributed by atoms with Gasteiger partial charge in [-0.05, 0) is 56.4 Å². The van der Waals surface area contributed by atoms with Gasteiger partial charge in [0.1, 0.15) is 5.75 Å². The van der Waals surface area contributed by atoms with E-state index in [4.69, 9.17) is 4.74 Å². The summed E-state index contributed by atoms with van der Waals surface area (Å²) in [6.07, 6.45) is 5.20. The number of thiophene rings is 1. The summed E-state index contributed by atoms with van der Waals surface area (Å²) in [6, 6.07) is 8.81. The molecule has 1 aliphatic rings. The van der Waals surface area contributed by atoms with Gasteiger partial charge in [0, 0.05) is 26.0 Å². The van der Waals surface area contributed by atoms with Gasteiger partial charge in [-0.25, -0.2) is 0 Å². The van der Waals surface area contributed by atoms with E-state index >= 15 is 0 Å². The Labute approximate surface area is 138 Å². The summed E-state index contributed by atoms with van der Waals surface area (Å²) < 4.78 is 6.35. The van der Waals surface area contributed by atoms with Crippen molar-refractivity contribution in [3.63, 3.8) is 0 Å². The van der Waals surface area contributed by atoms with Crippen molar-refractivity contribution in [3.05, 3.63) is 44.1 Å². The first kappa shape index (κ1) is 14.9. The number of fused-ring (bicyclic) bond motifs is 1. The van der Waals surface area contributed by atoms with Crippen LogP contribution in [0.15, 0.2) is 28.7 Å². The molecular weight excluding hydrogens is 346 g/mol. The minimum Gasteiger partial charge on any atom is -0.497 e. The largest absolute Gasteiger partial charge is 0.497 e. The summed E-state index contributed by atoms with van der Waals surface area (Å²) in [7, 11) is 1.70. The summed E-state index contributed by atoms with van der Waals surface area (Å²) in [5, 5.41) is 3.58. The minimum absolute atomic E-state index is 0.319. The van der Waals surface area contributed by atoms with Gasteiger partial charge in [-0.3, -0.25) is 0 Å². The lowest BCUT2D eigenvalue weighted by Crippen LogP contribution is -2.05. The lowest BCUT2D eigenvalue weighted by molar-refractivity contribution is 0.414. The van der Waals surface area contributed by atoms with Crippen LogP contribution in [-0.2, 0) is 12.8 Å². The van der Waals surface area contributed by atoms with Gasteiger partial charge < -0.3 is 10.1 Å². The SMILES string of the molecule is COc1cc(Br)cc(NC(C)c2cc3c(s2)CCCC3)c1. The van der Waals surface area contributed by atoms with Crippen molar-refractivity contribution >= 4 is 33.0 Å². The van der Waals surface area contributed by atoms with Gasteiger partial charge in [-0.1, -0.05) is 15.9 Å². The normalized spacial score (nSPS) is 15.4. The van der Waals surface area contributed by atoms with Gasteiger partial charge in [0.05, 0.1) is 13.2 Å². The quantitative estimate of drug-likeness (QED) is 0.764. The molecule has 1 aromatic carbocycles. The standard InChI is InChI=1S/C17H20BrNOS/c1-11(17-7-12-5-3-4-6-16(12)21-17)19-14-8-13(18)9-15(10-14)20-2/h7-11,19H,3-6H2,1-2H3. The molecule has 0 spiro atoms. The molecule has 2 nitrogen and oxygen atoms in total. The van der Waals surface area contributed by atoms with Crippen LogP contribution < -0.4 is 10.1 Å². The number of hydrogen-bond donors (Lipinski definition) is 1. The summed E-state index contributed by atoms with van der Waals surface area (Å²) in [4.78, 5) is 3.03. The monoisotopic (exact) mass is 365 g/mol. The van der Waals surface area contributed by atoms with E-state index in [9.17, 15) is 0 Å². The highest BCUT2D eigenvalue weighted by Gasteiger charge is 2.16. The van der Waals surface area contributed by atoms with E-state index in [0.29, 0.717) is 6.04 Å². The third-order valence-corrected chi connectivity index (χ3v) is 5.81. The molecule has 112 valence electrons. The number of hydrogen-bond acceptors (Lipinski definition) is 3. The Morgan fingerprint density at radius 2 is 2.00 bits per heavy atom. The molecule has 1 heterocycles. The Bertz CT molecular complexity index is 614. The maximum absolute atomic E-state index is 5.32. The third-order valence-electron chi connectivity index (χ3n) is 3.93. The average molecular weight is 366 g/mol. The molecular formula is C17H20BrNOS. The molecule has 1 N–H and O–H groups in total. The molecule has 3 rings (SSSR count). The zero-order valence-corrected chi connectivity index (χ0v) is 14.8. The fourth-order valence-corrected chi connectivity index (χ4v) is 4.54. The summed E-state index contributed by atoms with van der Waals surface area (Å²) in [6.45, 7) is 2.23. The zero-order chi connectivity index (χ0) is 14.8. The molecule has 0 fully saturated rings. The maximum Gasteiger partial charge on any atom is 0.122 e. The molecule has 4 heteroatoms. The fourth-order valence-electron chi connectivity index (χ4n) is 2.81. The number of rotatable bonds is 4.